The number of aryl methyl sites for hydroxylation is 5. The number of methoxy groups -OCH3 is 1. The predicted molar refractivity (Wildman–Crippen MR) is 380 cm³/mol. The maximum absolute atomic E-state index is 12.4. The zero-order valence-electron chi connectivity index (χ0n) is 55.1. The summed E-state index contributed by atoms with van der Waals surface area (Å²) in [5.41, 5.74) is 25.4. The molecule has 0 saturated heterocycles. The maximum atomic E-state index is 12.4. The van der Waals surface area contributed by atoms with Gasteiger partial charge in [-0.05, 0) is 143 Å². The molecule has 12 aromatic rings. The molecule has 0 bridgehead atoms. The van der Waals surface area contributed by atoms with Crippen LogP contribution in [0.5, 0.6) is 34.9 Å². The van der Waals surface area contributed by atoms with Crippen molar-refractivity contribution in [1.29, 1.82) is 5.26 Å². The first kappa shape index (κ1) is 70.2. The van der Waals surface area contributed by atoms with Crippen molar-refractivity contribution in [3.05, 3.63) is 210 Å². The van der Waals surface area contributed by atoms with E-state index >= 15 is 0 Å². The molecule has 1 aliphatic rings. The van der Waals surface area contributed by atoms with E-state index in [0.29, 0.717) is 118 Å². The van der Waals surface area contributed by atoms with Gasteiger partial charge in [-0.1, -0.05) is 81.3 Å². The summed E-state index contributed by atoms with van der Waals surface area (Å²) in [6.07, 6.45) is 12.5. The van der Waals surface area contributed by atoms with Crippen LogP contribution >= 0.6 is 0 Å². The Labute approximate surface area is 570 Å². The lowest BCUT2D eigenvalue weighted by Crippen LogP contribution is -2.30. The van der Waals surface area contributed by atoms with Crippen molar-refractivity contribution in [2.24, 2.45) is 0 Å². The molecule has 1 aliphatic carbocycles. The Bertz CT molecular complexity index is 4910. The molecule has 1 fully saturated rings. The first-order valence-corrected chi connectivity index (χ1v) is 32.6. The normalized spacial score (nSPS) is 12.1. The van der Waals surface area contributed by atoms with Gasteiger partial charge < -0.3 is 56.4 Å². The second kappa shape index (κ2) is 33.4. The van der Waals surface area contributed by atoms with Crippen LogP contribution in [0.25, 0.3) is 33.5 Å². The molecule has 9 heterocycles. The van der Waals surface area contributed by atoms with Crippen LogP contribution in [0.4, 0.5) is 17.5 Å². The first-order valence-electron chi connectivity index (χ1n) is 32.6. The van der Waals surface area contributed by atoms with E-state index in [9.17, 15) is 14.4 Å². The number of anilines is 3. The third kappa shape index (κ3) is 18.7. The SMILES string of the molecule is C.COCCCCc1cccc(Oc2ccc(Cn3c(=O)[nH]c4c(N)nc(C)nc43)cc2)n1.Cc1nc(N)c2[nH]c(=O)n(Cc3ccc(Oc4cccc(CCCCC#N)n4)cc3)c2n1.Cc1nc(N)c2[nH]c(=O)n(Cc3ccc(Oc4cccc(CNC5CCCCC5)n4)cc3)c2n1. The minimum absolute atomic E-state index is 0. The van der Waals surface area contributed by atoms with E-state index in [4.69, 9.17) is 41.4 Å². The van der Waals surface area contributed by atoms with Gasteiger partial charge in [0.25, 0.3) is 0 Å². The number of nitrogens with two attached hydrogens (primary N) is 3. The Morgan fingerprint density at radius 1 is 0.485 bits per heavy atom. The molecule has 0 amide bonds. The van der Waals surface area contributed by atoms with E-state index < -0.39 is 0 Å². The number of ether oxygens (including phenoxy) is 4. The van der Waals surface area contributed by atoms with Gasteiger partial charge in [-0.15, -0.1) is 0 Å². The molecular formula is C72H82N20O7. The van der Waals surface area contributed by atoms with Crippen LogP contribution < -0.4 is 53.8 Å². The molecule has 0 atom stereocenters. The molecule has 27 nitrogen and oxygen atoms in total. The number of rotatable bonds is 24. The smallest absolute Gasteiger partial charge is 0.328 e. The minimum Gasteiger partial charge on any atom is -0.439 e. The van der Waals surface area contributed by atoms with Crippen LogP contribution in [0, 0.1) is 32.1 Å². The summed E-state index contributed by atoms with van der Waals surface area (Å²) in [5.74, 6) is 5.97. The number of nitrogen functional groups attached to an aromatic ring is 3. The molecule has 10 N–H and O–H groups in total. The number of aromatic nitrogens is 15. The number of hydrogen-bond donors (Lipinski definition) is 7. The fourth-order valence-corrected chi connectivity index (χ4v) is 11.4. The summed E-state index contributed by atoms with van der Waals surface area (Å²) in [6.45, 7) is 7.77. The topological polar surface area (TPSA) is 380 Å². The Morgan fingerprint density at radius 2 is 0.848 bits per heavy atom. The molecule has 0 spiro atoms. The van der Waals surface area contributed by atoms with Gasteiger partial charge in [0.05, 0.1) is 31.4 Å². The standard InChI is InChI=1S/C25H29N7O2.C23H23N7O2.C23H26N6O3.CH4/c1-16-28-23(26)22-24(29-16)32(25(33)31-22)15-17-10-12-20(13-11-17)34-21-9-5-8-19(30-21)14-27-18-6-3-2-4-7-18;1-15-26-21(25)20-22(27-15)30(23(31)29-20)14-16-9-11-18(12-10-16)32-19-8-5-7-17(28-19)6-3-2-4-13-24;1-15-25-21(24)20-22(26-15)29(23(30)28-20)14-16-9-11-18(12-10-16)32-19-8-5-7-17(27-19)6-3-4-13-31-2;/h5,8-13,18,27H,2-4,6-7,14-15H2,1H3,(H,31,33)(H2,26,28,29);5,7-12H,2-4,6,14H2,1H3,(H,29,31)(H2,25,26,27);5,7-12H,3-4,6,13-14H2,1-2H3,(H,28,30)(H2,24,25,26);1H4. The molecule has 3 aromatic carbocycles. The number of nitriles is 1. The van der Waals surface area contributed by atoms with Crippen LogP contribution in [-0.4, -0.2) is 93.3 Å². The van der Waals surface area contributed by atoms with Gasteiger partial charge >= 0.3 is 17.1 Å². The average molecular weight is 1340 g/mol. The summed E-state index contributed by atoms with van der Waals surface area (Å²) in [5, 5.41) is 12.2. The van der Waals surface area contributed by atoms with E-state index in [1.165, 1.54) is 36.7 Å². The molecule has 99 heavy (non-hydrogen) atoms. The monoisotopic (exact) mass is 1340 g/mol. The van der Waals surface area contributed by atoms with E-state index in [-0.39, 0.29) is 41.9 Å². The van der Waals surface area contributed by atoms with Crippen molar-refractivity contribution in [2.75, 3.05) is 30.9 Å². The van der Waals surface area contributed by atoms with Crippen molar-refractivity contribution >= 4 is 50.9 Å². The van der Waals surface area contributed by atoms with Gasteiger partial charge in [0, 0.05) is 62.3 Å². The Balaban J connectivity index is 0.000000160. The quantitative estimate of drug-likeness (QED) is 0.0276. The van der Waals surface area contributed by atoms with Crippen LogP contribution in [0.2, 0.25) is 0 Å². The molecule has 0 unspecified atom stereocenters. The number of imidazole rings is 3. The van der Waals surface area contributed by atoms with Crippen molar-refractivity contribution in [1.82, 2.24) is 78.8 Å². The zero-order valence-corrected chi connectivity index (χ0v) is 55.1. The van der Waals surface area contributed by atoms with Gasteiger partial charge in [0.15, 0.2) is 34.4 Å². The second-order valence-corrected chi connectivity index (χ2v) is 23.8. The molecule has 9 aromatic heterocycles. The Morgan fingerprint density at radius 3 is 1.22 bits per heavy atom. The third-order valence-corrected chi connectivity index (χ3v) is 16.3. The van der Waals surface area contributed by atoms with E-state index in [0.717, 1.165) is 85.4 Å². The van der Waals surface area contributed by atoms with E-state index in [1.807, 2.05) is 127 Å². The predicted octanol–water partition coefficient (Wildman–Crippen LogP) is 11.0. The van der Waals surface area contributed by atoms with Crippen molar-refractivity contribution in [2.45, 2.75) is 137 Å². The highest BCUT2D eigenvalue weighted by atomic mass is 16.5. The van der Waals surface area contributed by atoms with Crippen LogP contribution in [0.15, 0.2) is 142 Å². The third-order valence-electron chi connectivity index (χ3n) is 16.3. The van der Waals surface area contributed by atoms with Crippen LogP contribution in [0.1, 0.15) is 123 Å². The number of benzene rings is 3. The average Bonchev–Trinajstić information content (AvgIpc) is 1.66. The number of nitrogens with one attached hydrogen (secondary N) is 4. The van der Waals surface area contributed by atoms with Crippen molar-refractivity contribution < 1.29 is 18.9 Å². The zero-order chi connectivity index (χ0) is 68.5. The van der Waals surface area contributed by atoms with Gasteiger partial charge in [-0.2, -0.15) is 5.26 Å². The largest absolute Gasteiger partial charge is 0.439 e. The van der Waals surface area contributed by atoms with Crippen molar-refractivity contribution in [3.8, 4) is 41.0 Å². The molecule has 0 aliphatic heterocycles. The highest BCUT2D eigenvalue weighted by Crippen LogP contribution is 2.27. The van der Waals surface area contributed by atoms with Gasteiger partial charge in [0.1, 0.15) is 51.3 Å². The summed E-state index contributed by atoms with van der Waals surface area (Å²) < 4.78 is 27.5. The van der Waals surface area contributed by atoms with Crippen LogP contribution in [-0.2, 0) is 43.8 Å². The number of pyridine rings is 3. The maximum Gasteiger partial charge on any atom is 0.328 e. The fraction of sp³-hybridized carbons (Fsp3) is 0.319. The second-order valence-electron chi connectivity index (χ2n) is 23.8. The Hall–Kier alpha value is -11.6. The lowest BCUT2D eigenvalue weighted by Gasteiger charge is -2.22. The Kier molecular flexibility index (Phi) is 23.6. The van der Waals surface area contributed by atoms with Crippen LogP contribution in [0.3, 0.4) is 0 Å². The number of H-pyrrole nitrogens is 3. The number of aromatic amines is 3. The van der Waals surface area contributed by atoms with E-state index in [1.54, 1.807) is 37.0 Å². The highest BCUT2D eigenvalue weighted by molar-refractivity contribution is 5.83. The summed E-state index contributed by atoms with van der Waals surface area (Å²) in [7, 11) is 1.71. The molecule has 1 saturated carbocycles. The van der Waals surface area contributed by atoms with Crippen molar-refractivity contribution in [3.63, 3.8) is 0 Å². The molecule has 13 rings (SSSR count). The van der Waals surface area contributed by atoms with Gasteiger partial charge in [-0.3, -0.25) is 13.7 Å². The minimum atomic E-state index is -0.289. The molecule has 0 radical (unpaired) electrons. The summed E-state index contributed by atoms with van der Waals surface area (Å²) >= 11 is 0. The van der Waals surface area contributed by atoms with Gasteiger partial charge in [0.2, 0.25) is 17.6 Å². The number of hydrogen-bond acceptors (Lipinski definition) is 21. The molecule has 512 valence electrons. The number of nitrogens with zero attached hydrogens (tertiary/aromatic N) is 13. The van der Waals surface area contributed by atoms with E-state index in [2.05, 4.69) is 71.2 Å². The number of fused-ring (bicyclic) bond motifs is 3. The fourth-order valence-electron chi connectivity index (χ4n) is 11.4. The lowest BCUT2D eigenvalue weighted by molar-refractivity contribution is 0.193. The molecule has 27 heteroatoms. The molecular weight excluding hydrogens is 1260 g/mol. The summed E-state index contributed by atoms with van der Waals surface area (Å²) in [4.78, 5) is 84.6. The van der Waals surface area contributed by atoms with Gasteiger partial charge in [-0.25, -0.2) is 59.2 Å². The number of unbranched alkanes of at least 4 members (excludes halogenated alkanes) is 3. The highest BCUT2D eigenvalue weighted by Gasteiger charge is 2.18. The lowest BCUT2D eigenvalue weighted by atomic mass is 9.95. The summed E-state index contributed by atoms with van der Waals surface area (Å²) in [6, 6.07) is 42.6. The first-order chi connectivity index (χ1) is 47.6.